The highest BCUT2D eigenvalue weighted by Crippen LogP contribution is 2.08. The molecule has 1 aromatic heterocycles. The van der Waals surface area contributed by atoms with Crippen molar-refractivity contribution in [3.8, 4) is 0 Å². The van der Waals surface area contributed by atoms with E-state index in [4.69, 9.17) is 0 Å². The van der Waals surface area contributed by atoms with Gasteiger partial charge in [-0.15, -0.1) is 0 Å². The molecule has 0 aromatic carbocycles. The van der Waals surface area contributed by atoms with Crippen molar-refractivity contribution in [2.24, 2.45) is 0 Å². The van der Waals surface area contributed by atoms with Crippen LogP contribution in [-0.2, 0) is 10.0 Å². The highest BCUT2D eigenvalue weighted by molar-refractivity contribution is 7.88. The molecule has 18 heavy (non-hydrogen) atoms. The normalized spacial score (nSPS) is 11.8. The second-order valence-corrected chi connectivity index (χ2v) is 5.85. The van der Waals surface area contributed by atoms with E-state index in [0.29, 0.717) is 26.1 Å². The molecule has 1 aromatic rings. The van der Waals surface area contributed by atoms with Gasteiger partial charge in [0.2, 0.25) is 10.0 Å². The van der Waals surface area contributed by atoms with Crippen molar-refractivity contribution in [3.63, 3.8) is 0 Å². The molecule has 0 atom stereocenters. The largest absolute Gasteiger partial charge is 0.368 e. The van der Waals surface area contributed by atoms with Gasteiger partial charge < -0.3 is 5.32 Å². The van der Waals surface area contributed by atoms with Crippen LogP contribution in [0.25, 0.3) is 0 Å². The van der Waals surface area contributed by atoms with Crippen LogP contribution in [0.3, 0.4) is 0 Å². The molecule has 0 aliphatic carbocycles. The number of hydrogen-bond acceptors (Lipinski definition) is 4. The summed E-state index contributed by atoms with van der Waals surface area (Å²) in [6.07, 6.45) is 3.28. The van der Waals surface area contributed by atoms with Gasteiger partial charge in [-0.05, 0) is 18.6 Å². The van der Waals surface area contributed by atoms with Gasteiger partial charge >= 0.3 is 0 Å². The molecule has 0 bridgehead atoms. The van der Waals surface area contributed by atoms with Gasteiger partial charge in [0.25, 0.3) is 0 Å². The van der Waals surface area contributed by atoms with E-state index in [-0.39, 0.29) is 5.82 Å². The van der Waals surface area contributed by atoms with Gasteiger partial charge in [0.15, 0.2) is 11.6 Å². The third kappa shape index (κ3) is 4.58. The van der Waals surface area contributed by atoms with Gasteiger partial charge in [0.05, 0.1) is 6.26 Å². The molecule has 0 unspecified atom stereocenters. The predicted molar refractivity (Wildman–Crippen MR) is 69.4 cm³/mol. The average molecular weight is 275 g/mol. The maximum absolute atomic E-state index is 13.2. The van der Waals surface area contributed by atoms with Crippen LogP contribution in [0.5, 0.6) is 0 Å². The smallest absolute Gasteiger partial charge is 0.211 e. The molecule has 102 valence electrons. The summed E-state index contributed by atoms with van der Waals surface area (Å²) in [4.78, 5) is 3.85. The summed E-state index contributed by atoms with van der Waals surface area (Å²) in [5, 5.41) is 2.84. The van der Waals surface area contributed by atoms with E-state index in [9.17, 15) is 12.8 Å². The first-order chi connectivity index (χ1) is 8.45. The SMILES string of the molecule is CCN(CCCNc1ncccc1F)S(C)(=O)=O. The first kappa shape index (κ1) is 14.8. The summed E-state index contributed by atoms with van der Waals surface area (Å²) in [5.41, 5.74) is 0. The third-order valence-electron chi connectivity index (χ3n) is 2.46. The molecule has 1 N–H and O–H groups in total. The topological polar surface area (TPSA) is 62.3 Å². The van der Waals surface area contributed by atoms with E-state index in [2.05, 4.69) is 10.3 Å². The van der Waals surface area contributed by atoms with Crippen LogP contribution < -0.4 is 5.32 Å². The van der Waals surface area contributed by atoms with Gasteiger partial charge in [-0.1, -0.05) is 6.92 Å². The van der Waals surface area contributed by atoms with Gasteiger partial charge in [0.1, 0.15) is 0 Å². The number of nitrogens with zero attached hydrogens (tertiary/aromatic N) is 2. The predicted octanol–water partition coefficient (Wildman–Crippen LogP) is 1.30. The van der Waals surface area contributed by atoms with Crippen LogP contribution in [0.4, 0.5) is 10.2 Å². The molecule has 5 nitrogen and oxygen atoms in total. The summed E-state index contributed by atoms with van der Waals surface area (Å²) in [6.45, 7) is 3.11. The second kappa shape index (κ2) is 6.65. The summed E-state index contributed by atoms with van der Waals surface area (Å²) in [7, 11) is -3.15. The second-order valence-electron chi connectivity index (χ2n) is 3.87. The minimum absolute atomic E-state index is 0.194. The summed E-state index contributed by atoms with van der Waals surface area (Å²) >= 11 is 0. The zero-order valence-electron chi connectivity index (χ0n) is 10.6. The minimum atomic E-state index is -3.15. The maximum Gasteiger partial charge on any atom is 0.211 e. The highest BCUT2D eigenvalue weighted by atomic mass is 32.2. The van der Waals surface area contributed by atoms with Crippen molar-refractivity contribution in [3.05, 3.63) is 24.1 Å². The zero-order chi connectivity index (χ0) is 13.6. The molecule has 0 amide bonds. The molecule has 0 spiro atoms. The Bertz CT molecular complexity index is 479. The standard InChI is InChI=1S/C11H18FN3O2S/c1-3-15(18(2,16)17)9-5-8-14-11-10(12)6-4-7-13-11/h4,6-7H,3,5,8-9H2,1-2H3,(H,13,14). The quantitative estimate of drug-likeness (QED) is 0.762. The van der Waals surface area contributed by atoms with Gasteiger partial charge in [0, 0.05) is 25.8 Å². The number of nitrogens with one attached hydrogen (secondary N) is 1. The van der Waals surface area contributed by atoms with E-state index in [0.717, 1.165) is 0 Å². The third-order valence-corrected chi connectivity index (χ3v) is 3.84. The maximum atomic E-state index is 13.2. The number of aromatic nitrogens is 1. The fraction of sp³-hybridized carbons (Fsp3) is 0.545. The number of pyridine rings is 1. The van der Waals surface area contributed by atoms with E-state index in [1.54, 1.807) is 6.92 Å². The van der Waals surface area contributed by atoms with Crippen LogP contribution in [0.15, 0.2) is 18.3 Å². The summed E-state index contributed by atoms with van der Waals surface area (Å²) in [6, 6.07) is 2.84. The van der Waals surface area contributed by atoms with Crippen molar-refractivity contribution in [2.75, 3.05) is 31.2 Å². The van der Waals surface area contributed by atoms with Crippen LogP contribution >= 0.6 is 0 Å². The monoisotopic (exact) mass is 275 g/mol. The number of hydrogen-bond donors (Lipinski definition) is 1. The molecule has 7 heteroatoms. The van der Waals surface area contributed by atoms with Crippen LogP contribution in [0.2, 0.25) is 0 Å². The van der Waals surface area contributed by atoms with Crippen molar-refractivity contribution in [1.29, 1.82) is 0 Å². The number of halogens is 1. The van der Waals surface area contributed by atoms with Crippen LogP contribution in [0, 0.1) is 5.82 Å². The molecule has 0 saturated heterocycles. The fourth-order valence-electron chi connectivity index (χ4n) is 1.54. The van der Waals surface area contributed by atoms with E-state index < -0.39 is 15.8 Å². The van der Waals surface area contributed by atoms with Crippen LogP contribution in [-0.4, -0.2) is 43.6 Å². The molecule has 1 heterocycles. The van der Waals surface area contributed by atoms with Crippen LogP contribution in [0.1, 0.15) is 13.3 Å². The molecule has 0 radical (unpaired) electrons. The summed E-state index contributed by atoms with van der Waals surface area (Å²) < 4.78 is 37.2. The Labute approximate surface area is 107 Å². The zero-order valence-corrected chi connectivity index (χ0v) is 11.4. The lowest BCUT2D eigenvalue weighted by atomic mass is 10.4. The van der Waals surface area contributed by atoms with Crippen molar-refractivity contribution >= 4 is 15.8 Å². The van der Waals surface area contributed by atoms with E-state index in [1.165, 1.54) is 28.9 Å². The molecule has 0 saturated carbocycles. The van der Waals surface area contributed by atoms with Gasteiger partial charge in [-0.25, -0.2) is 22.1 Å². The van der Waals surface area contributed by atoms with Crippen molar-refractivity contribution < 1.29 is 12.8 Å². The molecular weight excluding hydrogens is 257 g/mol. The number of anilines is 1. The number of rotatable bonds is 7. The Balaban J connectivity index is 2.37. The van der Waals surface area contributed by atoms with Crippen molar-refractivity contribution in [2.45, 2.75) is 13.3 Å². The molecule has 0 aliphatic rings. The Morgan fingerprint density at radius 2 is 2.22 bits per heavy atom. The van der Waals surface area contributed by atoms with Gasteiger partial charge in [-0.2, -0.15) is 0 Å². The average Bonchev–Trinajstić information content (AvgIpc) is 2.29. The fourth-order valence-corrected chi connectivity index (χ4v) is 2.47. The number of sulfonamides is 1. The first-order valence-corrected chi connectivity index (χ1v) is 7.59. The lowest BCUT2D eigenvalue weighted by molar-refractivity contribution is 0.428. The van der Waals surface area contributed by atoms with Gasteiger partial charge in [-0.3, -0.25) is 0 Å². The molecule has 0 fully saturated rings. The highest BCUT2D eigenvalue weighted by Gasteiger charge is 2.13. The lowest BCUT2D eigenvalue weighted by Gasteiger charge is -2.17. The molecule has 0 aliphatic heterocycles. The molecular formula is C11H18FN3O2S. The lowest BCUT2D eigenvalue weighted by Crippen LogP contribution is -2.31. The Kier molecular flexibility index (Phi) is 5.49. The molecule has 1 rings (SSSR count). The minimum Gasteiger partial charge on any atom is -0.368 e. The van der Waals surface area contributed by atoms with E-state index in [1.807, 2.05) is 0 Å². The summed E-state index contributed by atoms with van der Waals surface area (Å²) in [5.74, 6) is -0.215. The Morgan fingerprint density at radius 1 is 1.50 bits per heavy atom. The van der Waals surface area contributed by atoms with Crippen molar-refractivity contribution in [1.82, 2.24) is 9.29 Å². The Hall–Kier alpha value is -1.21. The van der Waals surface area contributed by atoms with E-state index >= 15 is 0 Å². The first-order valence-electron chi connectivity index (χ1n) is 5.74. The Morgan fingerprint density at radius 3 is 2.78 bits per heavy atom.